The quantitative estimate of drug-likeness (QED) is 0.602. The SMILES string of the molecule is FC(F)(F)c1cccc(CN2CCN(Cc3nccn3Cc3ccccc3)CC2)c1. The second-order valence-corrected chi connectivity index (χ2v) is 7.71. The lowest BCUT2D eigenvalue weighted by Crippen LogP contribution is -2.45. The summed E-state index contributed by atoms with van der Waals surface area (Å²) in [5, 5.41) is 0. The van der Waals surface area contributed by atoms with Crippen LogP contribution in [0.1, 0.15) is 22.5 Å². The van der Waals surface area contributed by atoms with Crippen molar-refractivity contribution in [1.29, 1.82) is 0 Å². The molecule has 2 aromatic carbocycles. The van der Waals surface area contributed by atoms with Gasteiger partial charge < -0.3 is 4.57 Å². The molecule has 7 heteroatoms. The van der Waals surface area contributed by atoms with Crippen LogP contribution in [-0.4, -0.2) is 45.5 Å². The molecule has 0 N–H and O–H groups in total. The second kappa shape index (κ2) is 9.02. The van der Waals surface area contributed by atoms with Gasteiger partial charge in [0.15, 0.2) is 0 Å². The predicted molar refractivity (Wildman–Crippen MR) is 110 cm³/mol. The molecule has 158 valence electrons. The van der Waals surface area contributed by atoms with E-state index in [0.29, 0.717) is 12.1 Å². The summed E-state index contributed by atoms with van der Waals surface area (Å²) >= 11 is 0. The molecule has 1 aliphatic heterocycles. The van der Waals surface area contributed by atoms with Crippen molar-refractivity contribution in [2.75, 3.05) is 26.2 Å². The van der Waals surface area contributed by atoms with Gasteiger partial charge in [-0.05, 0) is 17.2 Å². The molecule has 0 bridgehead atoms. The fourth-order valence-electron chi connectivity index (χ4n) is 3.83. The number of aromatic nitrogens is 2. The molecule has 1 fully saturated rings. The van der Waals surface area contributed by atoms with E-state index < -0.39 is 11.7 Å². The molecule has 3 aromatic rings. The number of imidazole rings is 1. The Kier molecular flexibility index (Phi) is 6.20. The van der Waals surface area contributed by atoms with Gasteiger partial charge in [0.05, 0.1) is 12.1 Å². The van der Waals surface area contributed by atoms with Crippen molar-refractivity contribution in [2.45, 2.75) is 25.8 Å². The van der Waals surface area contributed by atoms with Gasteiger partial charge in [0.25, 0.3) is 0 Å². The molecule has 0 spiro atoms. The highest BCUT2D eigenvalue weighted by molar-refractivity contribution is 5.25. The van der Waals surface area contributed by atoms with Crippen LogP contribution in [0.2, 0.25) is 0 Å². The summed E-state index contributed by atoms with van der Waals surface area (Å²) in [7, 11) is 0. The van der Waals surface area contributed by atoms with Gasteiger partial charge in [0, 0.05) is 51.7 Å². The maximum Gasteiger partial charge on any atom is 0.416 e. The highest BCUT2D eigenvalue weighted by atomic mass is 19.4. The van der Waals surface area contributed by atoms with Crippen molar-refractivity contribution in [2.24, 2.45) is 0 Å². The highest BCUT2D eigenvalue weighted by Crippen LogP contribution is 2.29. The highest BCUT2D eigenvalue weighted by Gasteiger charge is 2.30. The van der Waals surface area contributed by atoms with Crippen molar-refractivity contribution >= 4 is 0 Å². The Morgan fingerprint density at radius 2 is 1.43 bits per heavy atom. The minimum absolute atomic E-state index is 0.542. The number of piperazine rings is 1. The Morgan fingerprint density at radius 3 is 2.13 bits per heavy atom. The zero-order valence-corrected chi connectivity index (χ0v) is 16.7. The average Bonchev–Trinajstić information content (AvgIpc) is 3.16. The van der Waals surface area contributed by atoms with Gasteiger partial charge in [-0.1, -0.05) is 48.5 Å². The molecule has 4 rings (SSSR count). The lowest BCUT2D eigenvalue weighted by Gasteiger charge is -2.34. The fraction of sp³-hybridized carbons (Fsp3) is 0.348. The van der Waals surface area contributed by atoms with Crippen LogP contribution < -0.4 is 0 Å². The first-order valence-electron chi connectivity index (χ1n) is 10.1. The van der Waals surface area contributed by atoms with E-state index in [9.17, 15) is 13.2 Å². The Morgan fingerprint density at radius 1 is 0.767 bits per heavy atom. The van der Waals surface area contributed by atoms with Crippen LogP contribution in [0, 0.1) is 0 Å². The van der Waals surface area contributed by atoms with E-state index in [1.54, 1.807) is 6.07 Å². The maximum absolute atomic E-state index is 12.9. The first kappa shape index (κ1) is 20.6. The molecule has 0 saturated carbocycles. The van der Waals surface area contributed by atoms with Crippen LogP contribution >= 0.6 is 0 Å². The van der Waals surface area contributed by atoms with E-state index in [-0.39, 0.29) is 0 Å². The number of alkyl halides is 3. The maximum atomic E-state index is 12.9. The van der Waals surface area contributed by atoms with E-state index in [0.717, 1.165) is 51.2 Å². The summed E-state index contributed by atoms with van der Waals surface area (Å²) < 4.78 is 40.9. The van der Waals surface area contributed by atoms with Crippen LogP contribution in [0.3, 0.4) is 0 Å². The molecule has 4 nitrogen and oxygen atoms in total. The molecule has 1 aliphatic rings. The third-order valence-corrected chi connectivity index (χ3v) is 5.49. The lowest BCUT2D eigenvalue weighted by molar-refractivity contribution is -0.137. The summed E-state index contributed by atoms with van der Waals surface area (Å²) in [6.45, 7) is 5.52. The van der Waals surface area contributed by atoms with Gasteiger partial charge in [-0.25, -0.2) is 4.98 Å². The Labute approximate surface area is 174 Å². The normalized spacial score (nSPS) is 16.1. The van der Waals surface area contributed by atoms with Gasteiger partial charge in [0.2, 0.25) is 0 Å². The van der Waals surface area contributed by atoms with Gasteiger partial charge in [-0.3, -0.25) is 9.80 Å². The van der Waals surface area contributed by atoms with Crippen LogP contribution in [-0.2, 0) is 25.8 Å². The molecular weight excluding hydrogens is 389 g/mol. The second-order valence-electron chi connectivity index (χ2n) is 7.71. The van der Waals surface area contributed by atoms with E-state index in [2.05, 4.69) is 31.5 Å². The predicted octanol–water partition coefficient (Wildman–Crippen LogP) is 4.27. The monoisotopic (exact) mass is 414 g/mol. The zero-order chi connectivity index (χ0) is 21.0. The smallest absolute Gasteiger partial charge is 0.329 e. The van der Waals surface area contributed by atoms with E-state index in [1.807, 2.05) is 30.6 Å². The first-order chi connectivity index (χ1) is 14.5. The van der Waals surface area contributed by atoms with Crippen LogP contribution in [0.4, 0.5) is 13.2 Å². The zero-order valence-electron chi connectivity index (χ0n) is 16.7. The van der Waals surface area contributed by atoms with Gasteiger partial charge >= 0.3 is 6.18 Å². The fourth-order valence-corrected chi connectivity index (χ4v) is 3.83. The molecule has 0 aliphatic carbocycles. The number of hydrogen-bond acceptors (Lipinski definition) is 3. The number of halogens is 3. The molecule has 0 atom stereocenters. The molecular formula is C23H25F3N4. The third-order valence-electron chi connectivity index (χ3n) is 5.49. The van der Waals surface area contributed by atoms with E-state index in [1.165, 1.54) is 17.7 Å². The van der Waals surface area contributed by atoms with Crippen LogP contribution in [0.15, 0.2) is 67.0 Å². The summed E-state index contributed by atoms with van der Waals surface area (Å²) in [6.07, 6.45) is -0.454. The van der Waals surface area contributed by atoms with Crippen molar-refractivity contribution in [3.63, 3.8) is 0 Å². The minimum Gasteiger partial charge on any atom is -0.329 e. The largest absolute Gasteiger partial charge is 0.416 e. The molecule has 2 heterocycles. The lowest BCUT2D eigenvalue weighted by atomic mass is 10.1. The minimum atomic E-state index is -4.30. The van der Waals surface area contributed by atoms with Gasteiger partial charge in [-0.2, -0.15) is 13.2 Å². The number of rotatable bonds is 6. The molecule has 0 amide bonds. The third kappa shape index (κ3) is 5.29. The molecule has 1 aromatic heterocycles. The number of benzene rings is 2. The summed E-state index contributed by atoms with van der Waals surface area (Å²) in [4.78, 5) is 9.09. The van der Waals surface area contributed by atoms with Crippen molar-refractivity contribution in [3.8, 4) is 0 Å². The first-order valence-corrected chi connectivity index (χ1v) is 10.1. The Balaban J connectivity index is 1.30. The van der Waals surface area contributed by atoms with Crippen molar-refractivity contribution in [1.82, 2.24) is 19.4 Å². The Hall–Kier alpha value is -2.64. The number of nitrogens with zero attached hydrogens (tertiary/aromatic N) is 4. The average molecular weight is 414 g/mol. The topological polar surface area (TPSA) is 24.3 Å². The Bertz CT molecular complexity index is 944. The molecule has 30 heavy (non-hydrogen) atoms. The summed E-state index contributed by atoms with van der Waals surface area (Å²) in [6, 6.07) is 15.9. The summed E-state index contributed by atoms with van der Waals surface area (Å²) in [5.41, 5.74) is 1.36. The van der Waals surface area contributed by atoms with Gasteiger partial charge in [-0.15, -0.1) is 0 Å². The number of hydrogen-bond donors (Lipinski definition) is 0. The van der Waals surface area contributed by atoms with E-state index >= 15 is 0 Å². The standard InChI is InChI=1S/C23H25F3N4/c24-23(25,26)21-8-4-7-20(15-21)16-28-11-13-29(14-12-28)18-22-27-9-10-30(22)17-19-5-2-1-3-6-19/h1-10,15H,11-14,16-18H2. The van der Waals surface area contributed by atoms with E-state index in [4.69, 9.17) is 0 Å². The molecule has 0 unspecified atom stereocenters. The summed E-state index contributed by atoms with van der Waals surface area (Å²) in [5.74, 6) is 1.03. The molecule has 0 radical (unpaired) electrons. The molecule has 1 saturated heterocycles. The van der Waals surface area contributed by atoms with Gasteiger partial charge in [0.1, 0.15) is 5.82 Å². The van der Waals surface area contributed by atoms with Crippen molar-refractivity contribution in [3.05, 3.63) is 89.5 Å². The van der Waals surface area contributed by atoms with Crippen LogP contribution in [0.25, 0.3) is 0 Å². The van der Waals surface area contributed by atoms with Crippen molar-refractivity contribution < 1.29 is 13.2 Å². The van der Waals surface area contributed by atoms with Crippen LogP contribution in [0.5, 0.6) is 0 Å².